The summed E-state index contributed by atoms with van der Waals surface area (Å²) in [7, 11) is 0. The second-order valence-corrected chi connectivity index (χ2v) is 3.16. The lowest BCUT2D eigenvalue weighted by atomic mass is 10.3. The van der Waals surface area contributed by atoms with Crippen molar-refractivity contribution in [1.82, 2.24) is 0 Å². The van der Waals surface area contributed by atoms with Gasteiger partial charge in [-0.15, -0.1) is 0 Å². The third-order valence-corrected chi connectivity index (χ3v) is 3.04. The van der Waals surface area contributed by atoms with Crippen molar-refractivity contribution in [3.05, 3.63) is 8.61 Å². The van der Waals surface area contributed by atoms with Gasteiger partial charge in [0, 0.05) is 5.03 Å². The topological polar surface area (TPSA) is 17.1 Å². The summed E-state index contributed by atoms with van der Waals surface area (Å²) in [5.41, 5.74) is 0. The number of carbonyl (C=O) groups excluding carboxylic acids is 1. The number of carbonyl (C=O) groups is 1. The Kier molecular flexibility index (Phi) is 4.48. The zero-order chi connectivity index (χ0) is 7.44. The van der Waals surface area contributed by atoms with Crippen LogP contribution in [0.2, 0.25) is 0 Å². The molecular formula is C6H8ClIO. The third kappa shape index (κ3) is 3.20. The van der Waals surface area contributed by atoms with E-state index in [1.165, 1.54) is 6.92 Å². The lowest BCUT2D eigenvalue weighted by molar-refractivity contribution is -0.112. The van der Waals surface area contributed by atoms with E-state index in [1.54, 1.807) is 0 Å². The van der Waals surface area contributed by atoms with Gasteiger partial charge in [-0.3, -0.25) is 4.79 Å². The zero-order valence-corrected chi connectivity index (χ0v) is 8.28. The molecule has 0 radical (unpaired) electrons. The summed E-state index contributed by atoms with van der Waals surface area (Å²) >= 11 is 7.62. The molecule has 52 valence electrons. The highest BCUT2D eigenvalue weighted by atomic mass is 127. The molecule has 0 aromatic heterocycles. The highest BCUT2D eigenvalue weighted by Crippen LogP contribution is 2.19. The van der Waals surface area contributed by atoms with Gasteiger partial charge >= 0.3 is 0 Å². The number of rotatable bonds is 2. The van der Waals surface area contributed by atoms with E-state index in [0.29, 0.717) is 8.61 Å². The minimum atomic E-state index is 0.0439. The van der Waals surface area contributed by atoms with E-state index < -0.39 is 0 Å². The van der Waals surface area contributed by atoms with Crippen molar-refractivity contribution in [3.63, 3.8) is 0 Å². The number of halogens is 2. The van der Waals surface area contributed by atoms with Crippen molar-refractivity contribution in [2.24, 2.45) is 0 Å². The standard InChI is InChI=1S/C6H8ClIO/c1-3-5(7)6(8)4(2)9/h3H2,1-2H3/b6-5+. The second kappa shape index (κ2) is 4.28. The van der Waals surface area contributed by atoms with Crippen molar-refractivity contribution in [2.75, 3.05) is 0 Å². The van der Waals surface area contributed by atoms with Gasteiger partial charge in [0.1, 0.15) is 0 Å². The Morgan fingerprint density at radius 3 is 2.22 bits per heavy atom. The fourth-order valence-corrected chi connectivity index (χ4v) is 0.861. The molecule has 0 aliphatic carbocycles. The predicted molar refractivity (Wildman–Crippen MR) is 47.9 cm³/mol. The van der Waals surface area contributed by atoms with E-state index in [-0.39, 0.29) is 5.78 Å². The summed E-state index contributed by atoms with van der Waals surface area (Å²) in [6.45, 7) is 3.43. The van der Waals surface area contributed by atoms with Crippen molar-refractivity contribution in [2.45, 2.75) is 20.3 Å². The Morgan fingerprint density at radius 2 is 2.11 bits per heavy atom. The van der Waals surface area contributed by atoms with Crippen LogP contribution in [0.15, 0.2) is 8.61 Å². The van der Waals surface area contributed by atoms with Crippen LogP contribution in [0.4, 0.5) is 0 Å². The summed E-state index contributed by atoms with van der Waals surface area (Å²) < 4.78 is 0.650. The molecule has 0 saturated heterocycles. The fourth-order valence-electron chi connectivity index (χ4n) is 0.346. The van der Waals surface area contributed by atoms with Crippen LogP contribution in [0.1, 0.15) is 20.3 Å². The Morgan fingerprint density at radius 1 is 1.67 bits per heavy atom. The molecule has 1 nitrogen and oxygen atoms in total. The van der Waals surface area contributed by atoms with Gasteiger partial charge < -0.3 is 0 Å². The summed E-state index contributed by atoms with van der Waals surface area (Å²) in [4.78, 5) is 10.6. The van der Waals surface area contributed by atoms with Crippen molar-refractivity contribution >= 4 is 40.0 Å². The molecule has 0 unspecified atom stereocenters. The monoisotopic (exact) mass is 258 g/mol. The molecule has 0 atom stereocenters. The maximum absolute atomic E-state index is 10.6. The molecule has 9 heavy (non-hydrogen) atoms. The molecule has 0 saturated carbocycles. The first kappa shape index (κ1) is 9.43. The summed E-state index contributed by atoms with van der Waals surface area (Å²) in [5.74, 6) is 0.0439. The molecule has 0 fully saturated rings. The average Bonchev–Trinajstić information content (AvgIpc) is 1.84. The molecule has 3 heteroatoms. The van der Waals surface area contributed by atoms with Gasteiger partial charge in [-0.2, -0.15) is 0 Å². The lowest BCUT2D eigenvalue weighted by Gasteiger charge is -1.94. The van der Waals surface area contributed by atoms with E-state index in [9.17, 15) is 4.79 Å². The number of hydrogen-bond donors (Lipinski definition) is 0. The Balaban J connectivity index is 4.28. The smallest absolute Gasteiger partial charge is 0.167 e. The second-order valence-electron chi connectivity index (χ2n) is 1.63. The van der Waals surface area contributed by atoms with E-state index in [0.717, 1.165) is 6.42 Å². The molecule has 0 aliphatic heterocycles. The van der Waals surface area contributed by atoms with Crippen LogP contribution in [0.25, 0.3) is 0 Å². The molecule has 0 aliphatic rings. The van der Waals surface area contributed by atoms with E-state index in [1.807, 2.05) is 29.5 Å². The van der Waals surface area contributed by atoms with Crippen LogP contribution in [-0.2, 0) is 4.79 Å². The Hall–Kier alpha value is 0.430. The third-order valence-electron chi connectivity index (χ3n) is 0.858. The molecule has 0 spiro atoms. The van der Waals surface area contributed by atoms with Gasteiger partial charge in [-0.25, -0.2) is 0 Å². The maximum Gasteiger partial charge on any atom is 0.167 e. The Labute approximate surface area is 73.6 Å². The Bertz CT molecular complexity index is 151. The van der Waals surface area contributed by atoms with Crippen LogP contribution in [0.5, 0.6) is 0 Å². The first-order chi connectivity index (χ1) is 4.09. The van der Waals surface area contributed by atoms with Crippen molar-refractivity contribution in [1.29, 1.82) is 0 Å². The first-order valence-corrected chi connectivity index (χ1v) is 4.10. The van der Waals surface area contributed by atoms with Crippen LogP contribution in [0, 0.1) is 0 Å². The molecule has 0 rings (SSSR count). The largest absolute Gasteiger partial charge is 0.294 e. The average molecular weight is 258 g/mol. The molecule has 0 aromatic carbocycles. The molecule has 0 amide bonds. The van der Waals surface area contributed by atoms with Gasteiger partial charge in [0.15, 0.2) is 5.78 Å². The van der Waals surface area contributed by atoms with Gasteiger partial charge in [-0.1, -0.05) is 18.5 Å². The zero-order valence-electron chi connectivity index (χ0n) is 5.37. The molecular weight excluding hydrogens is 250 g/mol. The first-order valence-electron chi connectivity index (χ1n) is 2.64. The van der Waals surface area contributed by atoms with Crippen molar-refractivity contribution < 1.29 is 4.79 Å². The molecule has 0 bridgehead atoms. The van der Waals surface area contributed by atoms with Crippen LogP contribution >= 0.6 is 34.2 Å². The summed E-state index contributed by atoms with van der Waals surface area (Å²) in [5, 5.41) is 0.656. The van der Waals surface area contributed by atoms with Crippen LogP contribution in [-0.4, -0.2) is 5.78 Å². The summed E-state index contributed by atoms with van der Waals surface area (Å²) in [6, 6.07) is 0. The summed E-state index contributed by atoms with van der Waals surface area (Å²) in [6.07, 6.45) is 0.736. The van der Waals surface area contributed by atoms with Gasteiger partial charge in [-0.05, 0) is 35.9 Å². The SMILES string of the molecule is CC/C(Cl)=C(\I)C(C)=O. The maximum atomic E-state index is 10.6. The van der Waals surface area contributed by atoms with Crippen LogP contribution < -0.4 is 0 Å². The lowest BCUT2D eigenvalue weighted by Crippen LogP contribution is -1.89. The number of allylic oxidation sites excluding steroid dienone is 2. The predicted octanol–water partition coefficient (Wildman–Crippen LogP) is 2.87. The van der Waals surface area contributed by atoms with Gasteiger partial charge in [0.25, 0.3) is 0 Å². The van der Waals surface area contributed by atoms with E-state index >= 15 is 0 Å². The van der Waals surface area contributed by atoms with Crippen molar-refractivity contribution in [3.8, 4) is 0 Å². The fraction of sp³-hybridized carbons (Fsp3) is 0.500. The quantitative estimate of drug-likeness (QED) is 0.550. The van der Waals surface area contributed by atoms with Crippen LogP contribution in [0.3, 0.4) is 0 Å². The highest BCUT2D eigenvalue weighted by molar-refractivity contribution is 14.1. The minimum Gasteiger partial charge on any atom is -0.294 e. The number of ketones is 1. The normalized spacial score (nSPS) is 12.9. The molecule has 0 aromatic rings. The molecule has 0 heterocycles. The van der Waals surface area contributed by atoms with Gasteiger partial charge in [0.05, 0.1) is 3.58 Å². The van der Waals surface area contributed by atoms with Gasteiger partial charge in [0.2, 0.25) is 0 Å². The minimum absolute atomic E-state index is 0.0439. The number of Topliss-reactive ketones (excluding diaryl/α,β-unsaturated/α-hetero) is 1. The van der Waals surface area contributed by atoms with E-state index in [4.69, 9.17) is 11.6 Å². The highest BCUT2D eigenvalue weighted by Gasteiger charge is 2.02. The molecule has 0 N–H and O–H groups in total. The van der Waals surface area contributed by atoms with E-state index in [2.05, 4.69) is 0 Å². The number of hydrogen-bond acceptors (Lipinski definition) is 1.